The fraction of sp³-hybridized carbons (Fsp3) is 0.667. The van der Waals surface area contributed by atoms with Crippen molar-refractivity contribution in [3.05, 3.63) is 0 Å². The van der Waals surface area contributed by atoms with Gasteiger partial charge < -0.3 is 26.4 Å². The van der Waals surface area contributed by atoms with Crippen molar-refractivity contribution in [3.8, 4) is 0 Å². The number of aliphatic hydroxyl groups excluding tert-OH is 2. The van der Waals surface area contributed by atoms with Crippen molar-refractivity contribution in [1.29, 1.82) is 0 Å². The Morgan fingerprint density at radius 2 is 1.85 bits per heavy atom. The molecule has 2 atom stereocenters. The normalized spacial score (nSPS) is 14.7. The lowest BCUT2D eigenvalue weighted by molar-refractivity contribution is -0.146. The number of aliphatic hydroxyl groups is 2. The molecule has 0 radical (unpaired) electrons. The lowest BCUT2D eigenvalue weighted by atomic mass is 10.3. The van der Waals surface area contributed by atoms with E-state index in [0.29, 0.717) is 0 Å². The van der Waals surface area contributed by atoms with Crippen LogP contribution in [-0.4, -0.2) is 52.5 Å². The molecular formula is C6H12N2O5. The lowest BCUT2D eigenvalue weighted by Gasteiger charge is -2.10. The molecular weight excluding hydrogens is 180 g/mol. The molecule has 0 saturated heterocycles. The minimum absolute atomic E-state index is 0.255. The third-order valence-corrected chi connectivity index (χ3v) is 1.28. The topological polar surface area (TPSA) is 133 Å². The molecule has 7 nitrogen and oxygen atoms in total. The highest BCUT2D eigenvalue weighted by Gasteiger charge is 2.17. The molecule has 13 heavy (non-hydrogen) atoms. The summed E-state index contributed by atoms with van der Waals surface area (Å²) < 4.78 is 0. The summed E-state index contributed by atoms with van der Waals surface area (Å²) in [5.74, 6) is -2.25. The Balaban J connectivity index is 3.76. The van der Waals surface area contributed by atoms with Gasteiger partial charge >= 0.3 is 5.97 Å². The van der Waals surface area contributed by atoms with Crippen LogP contribution in [0.1, 0.15) is 0 Å². The van der Waals surface area contributed by atoms with Crippen LogP contribution in [0.15, 0.2) is 0 Å². The first-order chi connectivity index (χ1) is 5.99. The second kappa shape index (κ2) is 5.46. The molecule has 0 aromatic rings. The highest BCUT2D eigenvalue weighted by atomic mass is 16.4. The second-order valence-corrected chi connectivity index (χ2v) is 2.35. The molecule has 0 rings (SSSR count). The van der Waals surface area contributed by atoms with Gasteiger partial charge in [0.25, 0.3) is 0 Å². The van der Waals surface area contributed by atoms with E-state index in [-0.39, 0.29) is 6.54 Å². The van der Waals surface area contributed by atoms with Crippen LogP contribution < -0.4 is 11.1 Å². The third-order valence-electron chi connectivity index (χ3n) is 1.28. The Morgan fingerprint density at radius 3 is 2.23 bits per heavy atom. The van der Waals surface area contributed by atoms with E-state index < -0.39 is 30.6 Å². The molecule has 6 N–H and O–H groups in total. The Labute approximate surface area is 74.2 Å². The van der Waals surface area contributed by atoms with E-state index in [9.17, 15) is 9.59 Å². The van der Waals surface area contributed by atoms with E-state index in [1.54, 1.807) is 0 Å². The van der Waals surface area contributed by atoms with E-state index in [1.807, 2.05) is 5.32 Å². The summed E-state index contributed by atoms with van der Waals surface area (Å²) in [4.78, 5) is 20.8. The highest BCUT2D eigenvalue weighted by molar-refractivity contribution is 5.81. The van der Waals surface area contributed by atoms with Crippen LogP contribution in [-0.2, 0) is 9.59 Å². The quantitative estimate of drug-likeness (QED) is 0.313. The maximum Gasteiger partial charge on any atom is 0.334 e. The number of rotatable bonds is 5. The first-order valence-corrected chi connectivity index (χ1v) is 3.55. The summed E-state index contributed by atoms with van der Waals surface area (Å²) in [7, 11) is 0. The molecule has 0 aromatic heterocycles. The number of hydrogen-bond donors (Lipinski definition) is 5. The van der Waals surface area contributed by atoms with Gasteiger partial charge in [0.15, 0.2) is 6.10 Å². The van der Waals surface area contributed by atoms with Crippen molar-refractivity contribution >= 4 is 11.9 Å². The van der Waals surface area contributed by atoms with E-state index in [1.165, 1.54) is 0 Å². The van der Waals surface area contributed by atoms with Crippen LogP contribution in [0.4, 0.5) is 0 Å². The molecule has 0 heterocycles. The summed E-state index contributed by atoms with van der Waals surface area (Å²) in [6.45, 7) is -0.708. The first-order valence-electron chi connectivity index (χ1n) is 3.55. The van der Waals surface area contributed by atoms with Crippen molar-refractivity contribution in [1.82, 2.24) is 5.32 Å². The number of amides is 1. The zero-order valence-corrected chi connectivity index (χ0v) is 6.80. The van der Waals surface area contributed by atoms with Crippen LogP contribution in [0.5, 0.6) is 0 Å². The predicted octanol–water partition coefficient (Wildman–Crippen LogP) is -3.13. The average Bonchev–Trinajstić information content (AvgIpc) is 2.11. The zero-order valence-electron chi connectivity index (χ0n) is 6.80. The predicted molar refractivity (Wildman–Crippen MR) is 41.7 cm³/mol. The minimum atomic E-state index is -1.67. The standard InChI is InChI=1S/C6H12N2O5/c7-1-3(9)5(11)8-2-4(10)6(12)13/h3-4,9-10H,1-2,7H2,(H,8,11)(H,12,13). The smallest absolute Gasteiger partial charge is 0.334 e. The monoisotopic (exact) mass is 192 g/mol. The lowest BCUT2D eigenvalue weighted by Crippen LogP contribution is -2.43. The van der Waals surface area contributed by atoms with Gasteiger partial charge in [0.1, 0.15) is 6.10 Å². The molecule has 1 amide bonds. The first kappa shape index (κ1) is 11.8. The summed E-state index contributed by atoms with van der Waals surface area (Å²) >= 11 is 0. The van der Waals surface area contributed by atoms with E-state index in [4.69, 9.17) is 21.1 Å². The molecule has 0 bridgehead atoms. The van der Waals surface area contributed by atoms with E-state index in [2.05, 4.69) is 0 Å². The van der Waals surface area contributed by atoms with Crippen LogP contribution in [0.2, 0.25) is 0 Å². The van der Waals surface area contributed by atoms with Crippen LogP contribution in [0.25, 0.3) is 0 Å². The minimum Gasteiger partial charge on any atom is -0.479 e. The molecule has 0 fully saturated rings. The summed E-state index contributed by atoms with van der Waals surface area (Å²) in [5.41, 5.74) is 4.95. The number of nitrogens with one attached hydrogen (secondary N) is 1. The highest BCUT2D eigenvalue weighted by Crippen LogP contribution is 1.83. The van der Waals surface area contributed by atoms with Crippen molar-refractivity contribution in [2.45, 2.75) is 12.2 Å². The summed E-state index contributed by atoms with van der Waals surface area (Å²) in [6.07, 6.45) is -3.05. The number of carbonyl (C=O) groups excluding carboxylic acids is 1. The molecule has 0 aliphatic heterocycles. The van der Waals surface area contributed by atoms with Gasteiger partial charge in [0.05, 0.1) is 6.54 Å². The fourth-order valence-electron chi connectivity index (χ4n) is 0.509. The molecule has 0 spiro atoms. The van der Waals surface area contributed by atoms with Crippen molar-refractivity contribution < 1.29 is 24.9 Å². The van der Waals surface area contributed by atoms with E-state index >= 15 is 0 Å². The third kappa shape index (κ3) is 4.41. The largest absolute Gasteiger partial charge is 0.479 e. The molecule has 7 heteroatoms. The van der Waals surface area contributed by atoms with Gasteiger partial charge in [-0.25, -0.2) is 4.79 Å². The van der Waals surface area contributed by atoms with Gasteiger partial charge in [-0.3, -0.25) is 4.79 Å². The van der Waals surface area contributed by atoms with Crippen molar-refractivity contribution in [2.24, 2.45) is 5.73 Å². The average molecular weight is 192 g/mol. The van der Waals surface area contributed by atoms with Crippen molar-refractivity contribution in [2.75, 3.05) is 13.1 Å². The molecule has 0 aliphatic carbocycles. The van der Waals surface area contributed by atoms with E-state index in [0.717, 1.165) is 0 Å². The SMILES string of the molecule is NCC(O)C(=O)NCC(O)C(=O)O. The Hall–Kier alpha value is -1.18. The van der Waals surface area contributed by atoms with Gasteiger partial charge in [0, 0.05) is 6.54 Å². The van der Waals surface area contributed by atoms with Gasteiger partial charge in [-0.05, 0) is 0 Å². The van der Waals surface area contributed by atoms with Crippen LogP contribution in [0, 0.1) is 0 Å². The number of hydrogen-bond acceptors (Lipinski definition) is 5. The molecule has 76 valence electrons. The fourth-order valence-corrected chi connectivity index (χ4v) is 0.509. The molecule has 0 saturated carbocycles. The Kier molecular flexibility index (Phi) is 4.97. The molecule has 0 aromatic carbocycles. The maximum absolute atomic E-state index is 10.8. The maximum atomic E-state index is 10.8. The van der Waals surface area contributed by atoms with Gasteiger partial charge in [0.2, 0.25) is 5.91 Å². The number of aliphatic carboxylic acids is 1. The van der Waals surface area contributed by atoms with Crippen molar-refractivity contribution in [3.63, 3.8) is 0 Å². The second-order valence-electron chi connectivity index (χ2n) is 2.35. The Morgan fingerprint density at radius 1 is 1.31 bits per heavy atom. The Bertz CT molecular complexity index is 195. The molecule has 2 unspecified atom stereocenters. The van der Waals surface area contributed by atoms with Gasteiger partial charge in [-0.1, -0.05) is 0 Å². The number of carboxylic acids is 1. The number of carbonyl (C=O) groups is 2. The number of carboxylic acid groups (broad SMARTS) is 1. The van der Waals surface area contributed by atoms with Gasteiger partial charge in [-0.2, -0.15) is 0 Å². The molecule has 0 aliphatic rings. The van der Waals surface area contributed by atoms with Gasteiger partial charge in [-0.15, -0.1) is 0 Å². The van der Waals surface area contributed by atoms with Crippen LogP contribution >= 0.6 is 0 Å². The zero-order chi connectivity index (χ0) is 10.4. The van der Waals surface area contributed by atoms with Crippen LogP contribution in [0.3, 0.4) is 0 Å². The number of nitrogens with two attached hydrogens (primary N) is 1. The summed E-state index contributed by atoms with van der Waals surface area (Å²) in [6, 6.07) is 0. The summed E-state index contributed by atoms with van der Waals surface area (Å²) in [5, 5.41) is 27.7.